The van der Waals surface area contributed by atoms with Gasteiger partial charge in [-0.1, -0.05) is 32.0 Å². The number of ether oxygens (including phenoxy) is 1. The van der Waals surface area contributed by atoms with Crippen molar-refractivity contribution in [3.05, 3.63) is 59.4 Å². The first-order chi connectivity index (χ1) is 11.2. The van der Waals surface area contributed by atoms with Gasteiger partial charge in [0, 0.05) is 30.8 Å². The average molecular weight is 310 g/mol. The van der Waals surface area contributed by atoms with Crippen molar-refractivity contribution in [1.82, 2.24) is 10.3 Å². The first-order valence-electron chi connectivity index (χ1n) is 8.58. The number of aromatic nitrogens is 1. The van der Waals surface area contributed by atoms with Gasteiger partial charge in [0.05, 0.1) is 5.69 Å². The topological polar surface area (TPSA) is 34.2 Å². The fraction of sp³-hybridized carbons (Fsp3) is 0.450. The third-order valence-electron chi connectivity index (χ3n) is 4.99. The Morgan fingerprint density at radius 1 is 1.22 bits per heavy atom. The quantitative estimate of drug-likeness (QED) is 0.879. The number of nitrogens with one attached hydrogen (secondary N) is 1. The molecule has 0 bridgehead atoms. The van der Waals surface area contributed by atoms with Crippen LogP contribution in [0.25, 0.3) is 0 Å². The largest absolute Gasteiger partial charge is 0.487 e. The number of aryl methyl sites for hydroxylation is 1. The summed E-state index contributed by atoms with van der Waals surface area (Å²) in [7, 11) is 0. The molecule has 3 nitrogen and oxygen atoms in total. The van der Waals surface area contributed by atoms with Crippen LogP contribution < -0.4 is 10.1 Å². The molecule has 2 aromatic rings. The van der Waals surface area contributed by atoms with E-state index in [1.165, 1.54) is 11.1 Å². The SMILES string of the molecule is CCC1(CC)CC(NCc2ccccn2)c2ccc(C)cc2O1. The zero-order valence-electron chi connectivity index (χ0n) is 14.3. The molecule has 122 valence electrons. The van der Waals surface area contributed by atoms with Crippen LogP contribution in [0.3, 0.4) is 0 Å². The van der Waals surface area contributed by atoms with Gasteiger partial charge in [-0.25, -0.2) is 0 Å². The predicted molar refractivity (Wildman–Crippen MR) is 93.6 cm³/mol. The molecule has 3 heteroatoms. The Kier molecular flexibility index (Phi) is 4.67. The van der Waals surface area contributed by atoms with Crippen molar-refractivity contribution in [2.24, 2.45) is 0 Å². The molecule has 23 heavy (non-hydrogen) atoms. The molecule has 0 saturated carbocycles. The van der Waals surface area contributed by atoms with Crippen molar-refractivity contribution in [3.63, 3.8) is 0 Å². The first kappa shape index (κ1) is 16.0. The Hall–Kier alpha value is -1.87. The van der Waals surface area contributed by atoms with E-state index >= 15 is 0 Å². The van der Waals surface area contributed by atoms with Crippen LogP contribution in [0.15, 0.2) is 42.6 Å². The Morgan fingerprint density at radius 2 is 2.04 bits per heavy atom. The molecule has 0 fully saturated rings. The minimum absolute atomic E-state index is 0.0669. The van der Waals surface area contributed by atoms with Gasteiger partial charge in [-0.2, -0.15) is 0 Å². The molecule has 1 N–H and O–H groups in total. The van der Waals surface area contributed by atoms with E-state index in [0.717, 1.165) is 37.3 Å². The van der Waals surface area contributed by atoms with Gasteiger partial charge in [0.1, 0.15) is 11.4 Å². The fourth-order valence-corrected chi connectivity index (χ4v) is 3.37. The lowest BCUT2D eigenvalue weighted by Crippen LogP contribution is -2.43. The summed E-state index contributed by atoms with van der Waals surface area (Å²) in [6.07, 6.45) is 4.90. The number of hydrogen-bond acceptors (Lipinski definition) is 3. The summed E-state index contributed by atoms with van der Waals surface area (Å²) in [4.78, 5) is 4.42. The van der Waals surface area contributed by atoms with Crippen molar-refractivity contribution in [3.8, 4) is 5.75 Å². The van der Waals surface area contributed by atoms with E-state index < -0.39 is 0 Å². The average Bonchev–Trinajstić information content (AvgIpc) is 2.60. The van der Waals surface area contributed by atoms with Crippen LogP contribution in [0.4, 0.5) is 0 Å². The molecular formula is C20H26N2O. The highest BCUT2D eigenvalue weighted by atomic mass is 16.5. The molecule has 0 radical (unpaired) electrons. The zero-order chi connectivity index (χ0) is 16.3. The summed E-state index contributed by atoms with van der Waals surface area (Å²) in [6.45, 7) is 7.34. The highest BCUT2D eigenvalue weighted by Crippen LogP contribution is 2.43. The lowest BCUT2D eigenvalue weighted by Gasteiger charge is -2.42. The van der Waals surface area contributed by atoms with Gasteiger partial charge in [-0.05, 0) is 43.5 Å². The lowest BCUT2D eigenvalue weighted by molar-refractivity contribution is 0.0224. The Balaban J connectivity index is 1.86. The van der Waals surface area contributed by atoms with Crippen LogP contribution in [-0.2, 0) is 6.54 Å². The molecule has 3 rings (SSSR count). The molecule has 1 aliphatic heterocycles. The van der Waals surface area contributed by atoms with Gasteiger partial charge in [-0.3, -0.25) is 4.98 Å². The van der Waals surface area contributed by atoms with Crippen molar-refractivity contribution in [1.29, 1.82) is 0 Å². The number of nitrogens with zero attached hydrogens (tertiary/aromatic N) is 1. The van der Waals surface area contributed by atoms with Crippen molar-refractivity contribution in [2.45, 2.75) is 58.2 Å². The zero-order valence-corrected chi connectivity index (χ0v) is 14.3. The molecule has 1 atom stereocenters. The maximum Gasteiger partial charge on any atom is 0.125 e. The fourth-order valence-electron chi connectivity index (χ4n) is 3.37. The first-order valence-corrected chi connectivity index (χ1v) is 8.58. The smallest absolute Gasteiger partial charge is 0.125 e. The van der Waals surface area contributed by atoms with E-state index in [4.69, 9.17) is 4.74 Å². The summed E-state index contributed by atoms with van der Waals surface area (Å²) in [6, 6.07) is 12.9. The maximum absolute atomic E-state index is 6.43. The summed E-state index contributed by atoms with van der Waals surface area (Å²) in [5.41, 5.74) is 3.52. The standard InChI is InChI=1S/C20H26N2O/c1-4-20(5-2)13-18(22-14-16-8-6-7-11-21-16)17-10-9-15(3)12-19(17)23-20/h6-12,18,22H,4-5,13-14H2,1-3H3. The lowest BCUT2D eigenvalue weighted by atomic mass is 9.83. The molecule has 2 heterocycles. The van der Waals surface area contributed by atoms with Crippen LogP contribution in [0.2, 0.25) is 0 Å². The third kappa shape index (κ3) is 3.40. The van der Waals surface area contributed by atoms with Crippen LogP contribution in [0, 0.1) is 6.92 Å². The van der Waals surface area contributed by atoms with E-state index in [0.29, 0.717) is 6.04 Å². The summed E-state index contributed by atoms with van der Waals surface area (Å²) in [5, 5.41) is 3.69. The van der Waals surface area contributed by atoms with E-state index in [9.17, 15) is 0 Å². The van der Waals surface area contributed by atoms with Gasteiger partial charge in [0.2, 0.25) is 0 Å². The molecule has 1 aliphatic rings. The highest BCUT2D eigenvalue weighted by molar-refractivity contribution is 5.42. The van der Waals surface area contributed by atoms with Crippen molar-refractivity contribution in [2.75, 3.05) is 0 Å². The van der Waals surface area contributed by atoms with E-state index in [1.807, 2.05) is 18.3 Å². The second-order valence-electron chi connectivity index (χ2n) is 6.49. The summed E-state index contributed by atoms with van der Waals surface area (Å²) < 4.78 is 6.43. The Bertz CT molecular complexity index is 650. The van der Waals surface area contributed by atoms with Gasteiger partial charge >= 0.3 is 0 Å². The highest BCUT2D eigenvalue weighted by Gasteiger charge is 2.38. The maximum atomic E-state index is 6.43. The number of fused-ring (bicyclic) bond motifs is 1. The minimum Gasteiger partial charge on any atom is -0.487 e. The van der Waals surface area contributed by atoms with E-state index in [-0.39, 0.29) is 5.60 Å². The second-order valence-corrected chi connectivity index (χ2v) is 6.49. The molecule has 0 aliphatic carbocycles. The molecule has 0 spiro atoms. The summed E-state index contributed by atoms with van der Waals surface area (Å²) >= 11 is 0. The van der Waals surface area contributed by atoms with Gasteiger partial charge < -0.3 is 10.1 Å². The van der Waals surface area contributed by atoms with E-state index in [2.05, 4.69) is 55.3 Å². The van der Waals surface area contributed by atoms with Gasteiger partial charge in [-0.15, -0.1) is 0 Å². The predicted octanol–water partition coefficient (Wildman–Crippen LogP) is 4.56. The number of pyridine rings is 1. The van der Waals surface area contributed by atoms with Crippen molar-refractivity contribution >= 4 is 0 Å². The minimum atomic E-state index is -0.0669. The molecule has 1 aromatic heterocycles. The third-order valence-corrected chi connectivity index (χ3v) is 4.99. The van der Waals surface area contributed by atoms with Crippen LogP contribution in [0.1, 0.15) is 56.0 Å². The van der Waals surface area contributed by atoms with Crippen LogP contribution >= 0.6 is 0 Å². The Morgan fingerprint density at radius 3 is 2.74 bits per heavy atom. The van der Waals surface area contributed by atoms with Crippen LogP contribution in [-0.4, -0.2) is 10.6 Å². The molecule has 1 aromatic carbocycles. The Labute approximate surface area is 139 Å². The van der Waals surface area contributed by atoms with E-state index in [1.54, 1.807) is 0 Å². The number of benzene rings is 1. The van der Waals surface area contributed by atoms with Gasteiger partial charge in [0.15, 0.2) is 0 Å². The summed E-state index contributed by atoms with van der Waals surface area (Å²) in [5.74, 6) is 1.04. The number of hydrogen-bond donors (Lipinski definition) is 1. The monoisotopic (exact) mass is 310 g/mol. The van der Waals surface area contributed by atoms with Gasteiger partial charge in [0.25, 0.3) is 0 Å². The molecule has 1 unspecified atom stereocenters. The second kappa shape index (κ2) is 6.71. The number of rotatable bonds is 5. The normalized spacial score (nSPS) is 19.0. The van der Waals surface area contributed by atoms with Crippen LogP contribution in [0.5, 0.6) is 5.75 Å². The van der Waals surface area contributed by atoms with Crippen molar-refractivity contribution < 1.29 is 4.74 Å². The molecular weight excluding hydrogens is 284 g/mol. The molecule has 0 amide bonds. The molecule has 0 saturated heterocycles.